The van der Waals surface area contributed by atoms with Crippen molar-refractivity contribution in [2.45, 2.75) is 12.8 Å². The third-order valence-electron chi connectivity index (χ3n) is 5.08. The van der Waals surface area contributed by atoms with Crippen molar-refractivity contribution < 1.29 is 19.7 Å². The average molecular weight is 419 g/mol. The maximum absolute atomic E-state index is 11.2. The molecule has 0 saturated carbocycles. The first-order valence-corrected chi connectivity index (χ1v) is 9.82. The maximum atomic E-state index is 11.2. The number of halogens is 1. The molecule has 1 atom stereocenters. The molecule has 0 aliphatic heterocycles. The highest BCUT2D eigenvalue weighted by atomic mass is 35.5. The molecule has 0 fully saturated rings. The predicted octanol–water partition coefficient (Wildman–Crippen LogP) is 6.85. The quantitative estimate of drug-likeness (QED) is 0.372. The van der Waals surface area contributed by atoms with Gasteiger partial charge in [0.1, 0.15) is 17.2 Å². The Morgan fingerprint density at radius 2 is 1.63 bits per heavy atom. The van der Waals surface area contributed by atoms with Crippen LogP contribution >= 0.6 is 11.6 Å². The summed E-state index contributed by atoms with van der Waals surface area (Å²) in [6, 6.07) is 23.5. The maximum Gasteiger partial charge on any atom is 0.310 e. The Hall–Kier alpha value is -3.50. The monoisotopic (exact) mass is 418 g/mol. The van der Waals surface area contributed by atoms with Crippen LogP contribution in [0.4, 0.5) is 0 Å². The molecule has 0 heterocycles. The fraction of sp³-hybridized carbons (Fsp3) is 0.0800. The van der Waals surface area contributed by atoms with Crippen molar-refractivity contribution in [1.29, 1.82) is 0 Å². The van der Waals surface area contributed by atoms with Crippen molar-refractivity contribution in [1.82, 2.24) is 0 Å². The van der Waals surface area contributed by atoms with E-state index in [1.165, 1.54) is 0 Å². The summed E-state index contributed by atoms with van der Waals surface area (Å²) in [5.41, 5.74) is 2.53. The summed E-state index contributed by atoms with van der Waals surface area (Å²) in [5.74, 6) is -0.0487. The molecule has 4 nitrogen and oxygen atoms in total. The third-order valence-corrected chi connectivity index (χ3v) is 5.33. The van der Waals surface area contributed by atoms with Gasteiger partial charge >= 0.3 is 5.97 Å². The molecule has 1 unspecified atom stereocenters. The van der Waals surface area contributed by atoms with Crippen molar-refractivity contribution in [2.75, 3.05) is 0 Å². The number of carboxylic acid groups (broad SMARTS) is 1. The van der Waals surface area contributed by atoms with Gasteiger partial charge in [0, 0.05) is 16.0 Å². The van der Waals surface area contributed by atoms with E-state index in [2.05, 4.69) is 0 Å². The van der Waals surface area contributed by atoms with Gasteiger partial charge in [-0.25, -0.2) is 0 Å². The number of hydrogen-bond donors (Lipinski definition) is 2. The van der Waals surface area contributed by atoms with E-state index < -0.39 is 11.9 Å². The van der Waals surface area contributed by atoms with Gasteiger partial charge in [0.05, 0.1) is 5.92 Å². The Labute approximate surface area is 178 Å². The molecular formula is C25H19ClO4. The zero-order valence-electron chi connectivity index (χ0n) is 16.2. The van der Waals surface area contributed by atoms with E-state index in [9.17, 15) is 15.0 Å². The smallest absolute Gasteiger partial charge is 0.310 e. The van der Waals surface area contributed by atoms with Crippen LogP contribution < -0.4 is 4.74 Å². The fourth-order valence-electron chi connectivity index (χ4n) is 3.34. The average Bonchev–Trinajstić information content (AvgIpc) is 2.74. The van der Waals surface area contributed by atoms with Crippen LogP contribution in [0.15, 0.2) is 78.9 Å². The fourth-order valence-corrected chi connectivity index (χ4v) is 3.47. The third kappa shape index (κ3) is 3.95. The molecule has 0 saturated heterocycles. The van der Waals surface area contributed by atoms with E-state index >= 15 is 0 Å². The Morgan fingerprint density at radius 1 is 0.933 bits per heavy atom. The minimum Gasteiger partial charge on any atom is -0.508 e. The molecule has 5 heteroatoms. The summed E-state index contributed by atoms with van der Waals surface area (Å²) < 4.78 is 6.28. The normalized spacial score (nSPS) is 11.9. The lowest BCUT2D eigenvalue weighted by Crippen LogP contribution is -2.06. The first-order chi connectivity index (χ1) is 14.4. The number of carbonyl (C=O) groups is 1. The van der Waals surface area contributed by atoms with E-state index in [1.54, 1.807) is 43.3 Å². The van der Waals surface area contributed by atoms with Crippen LogP contribution in [0.1, 0.15) is 18.4 Å². The summed E-state index contributed by atoms with van der Waals surface area (Å²) in [5, 5.41) is 21.4. The lowest BCUT2D eigenvalue weighted by atomic mass is 9.99. The number of rotatable bonds is 5. The van der Waals surface area contributed by atoms with Crippen molar-refractivity contribution in [3.8, 4) is 28.4 Å². The highest BCUT2D eigenvalue weighted by Crippen LogP contribution is 2.41. The first-order valence-electron chi connectivity index (χ1n) is 9.44. The standard InChI is InChI=1S/C25H19ClO4/c1-15(25(28)29)16-4-10-21(11-5-16)30-24-22(17-2-7-19(26)8-3-17)12-6-18-14-20(27)9-13-23(18)24/h2-15,27H,1H3,(H,28,29). The van der Waals surface area contributed by atoms with Gasteiger partial charge in [-0.05, 0) is 72.0 Å². The van der Waals surface area contributed by atoms with Crippen molar-refractivity contribution in [2.24, 2.45) is 0 Å². The van der Waals surface area contributed by atoms with Crippen LogP contribution in [-0.4, -0.2) is 16.2 Å². The van der Waals surface area contributed by atoms with Crippen molar-refractivity contribution >= 4 is 28.3 Å². The molecule has 0 amide bonds. The highest BCUT2D eigenvalue weighted by molar-refractivity contribution is 6.30. The molecule has 0 aliphatic carbocycles. The highest BCUT2D eigenvalue weighted by Gasteiger charge is 2.15. The van der Waals surface area contributed by atoms with E-state index in [4.69, 9.17) is 16.3 Å². The van der Waals surface area contributed by atoms with E-state index in [0.29, 0.717) is 22.1 Å². The summed E-state index contributed by atoms with van der Waals surface area (Å²) >= 11 is 6.04. The molecule has 150 valence electrons. The Morgan fingerprint density at radius 3 is 2.30 bits per heavy atom. The van der Waals surface area contributed by atoms with Crippen LogP contribution in [0.3, 0.4) is 0 Å². The second-order valence-electron chi connectivity index (χ2n) is 7.09. The van der Waals surface area contributed by atoms with Crippen LogP contribution in [0, 0.1) is 0 Å². The summed E-state index contributed by atoms with van der Waals surface area (Å²) in [7, 11) is 0. The number of phenols is 1. The first kappa shape index (κ1) is 19.8. The van der Waals surface area contributed by atoms with E-state index in [-0.39, 0.29) is 5.75 Å². The van der Waals surface area contributed by atoms with Crippen LogP contribution in [-0.2, 0) is 4.79 Å². The summed E-state index contributed by atoms with van der Waals surface area (Å²) in [6.07, 6.45) is 0. The van der Waals surface area contributed by atoms with E-state index in [0.717, 1.165) is 21.9 Å². The molecule has 2 N–H and O–H groups in total. The van der Waals surface area contributed by atoms with Gasteiger partial charge in [0.25, 0.3) is 0 Å². The predicted molar refractivity (Wildman–Crippen MR) is 119 cm³/mol. The lowest BCUT2D eigenvalue weighted by molar-refractivity contribution is -0.138. The van der Waals surface area contributed by atoms with Gasteiger partial charge in [-0.3, -0.25) is 4.79 Å². The molecule has 0 aromatic heterocycles. The van der Waals surface area contributed by atoms with Crippen LogP contribution in [0.2, 0.25) is 5.02 Å². The Balaban J connectivity index is 1.80. The number of benzene rings is 4. The molecule has 0 bridgehead atoms. The minimum atomic E-state index is -0.873. The molecule has 4 aromatic rings. The van der Waals surface area contributed by atoms with Crippen LogP contribution in [0.5, 0.6) is 17.2 Å². The van der Waals surface area contributed by atoms with Crippen molar-refractivity contribution in [3.63, 3.8) is 0 Å². The Kier molecular flexibility index (Phi) is 5.34. The largest absolute Gasteiger partial charge is 0.508 e. The molecule has 0 radical (unpaired) electrons. The number of carboxylic acids is 1. The van der Waals surface area contributed by atoms with Gasteiger partial charge in [0.2, 0.25) is 0 Å². The molecule has 4 aromatic carbocycles. The van der Waals surface area contributed by atoms with Crippen LogP contribution in [0.25, 0.3) is 21.9 Å². The summed E-state index contributed by atoms with van der Waals surface area (Å²) in [6.45, 7) is 1.65. The second-order valence-corrected chi connectivity index (χ2v) is 7.52. The number of aliphatic carboxylic acids is 1. The van der Waals surface area contributed by atoms with Gasteiger partial charge < -0.3 is 14.9 Å². The zero-order chi connectivity index (χ0) is 21.3. The minimum absolute atomic E-state index is 0.180. The molecule has 0 spiro atoms. The van der Waals surface area contributed by atoms with Gasteiger partial charge in [-0.1, -0.05) is 41.9 Å². The SMILES string of the molecule is CC(C(=O)O)c1ccc(Oc2c(-c3ccc(Cl)cc3)ccc3cc(O)ccc23)cc1. The number of hydrogen-bond acceptors (Lipinski definition) is 3. The molecular weight excluding hydrogens is 400 g/mol. The zero-order valence-corrected chi connectivity index (χ0v) is 16.9. The number of aromatic hydroxyl groups is 1. The number of phenolic OH excluding ortho intramolecular Hbond substituents is 1. The summed E-state index contributed by atoms with van der Waals surface area (Å²) in [4.78, 5) is 11.2. The Bertz CT molecular complexity index is 1210. The number of ether oxygens (including phenoxy) is 1. The van der Waals surface area contributed by atoms with Gasteiger partial charge in [-0.2, -0.15) is 0 Å². The molecule has 30 heavy (non-hydrogen) atoms. The molecule has 0 aliphatic rings. The van der Waals surface area contributed by atoms with Gasteiger partial charge in [0.15, 0.2) is 0 Å². The second kappa shape index (κ2) is 8.09. The van der Waals surface area contributed by atoms with Crippen molar-refractivity contribution in [3.05, 3.63) is 89.4 Å². The van der Waals surface area contributed by atoms with Gasteiger partial charge in [-0.15, -0.1) is 0 Å². The topological polar surface area (TPSA) is 66.8 Å². The lowest BCUT2D eigenvalue weighted by Gasteiger charge is -2.16. The van der Waals surface area contributed by atoms with E-state index in [1.807, 2.05) is 42.5 Å². The number of fused-ring (bicyclic) bond motifs is 1. The molecule has 4 rings (SSSR count).